The summed E-state index contributed by atoms with van der Waals surface area (Å²) < 4.78 is 11.4. The summed E-state index contributed by atoms with van der Waals surface area (Å²) in [5, 5.41) is 0. The molecule has 2 aliphatic rings. The highest BCUT2D eigenvalue weighted by molar-refractivity contribution is 5.77. The molecule has 0 aromatic heterocycles. The van der Waals surface area contributed by atoms with E-state index in [1.165, 1.54) is 12.8 Å². The van der Waals surface area contributed by atoms with Gasteiger partial charge >= 0.3 is 0 Å². The number of carbonyl (C=O) groups is 1. The summed E-state index contributed by atoms with van der Waals surface area (Å²) in [6.07, 6.45) is 3.80. The molecular weight excluding hydrogens is 266 g/mol. The molecule has 114 valence electrons. The van der Waals surface area contributed by atoms with Crippen LogP contribution in [0.3, 0.4) is 0 Å². The number of nitrogens with zero attached hydrogens (tertiary/aromatic N) is 1. The van der Waals surface area contributed by atoms with E-state index in [1.807, 2.05) is 35.2 Å². The Bertz CT molecular complexity index is 458. The van der Waals surface area contributed by atoms with Crippen LogP contribution >= 0.6 is 0 Å². The maximum atomic E-state index is 12.1. The van der Waals surface area contributed by atoms with E-state index >= 15 is 0 Å². The molecule has 1 heterocycles. The molecule has 0 radical (unpaired) electrons. The molecule has 3 rings (SSSR count). The van der Waals surface area contributed by atoms with E-state index in [4.69, 9.17) is 9.47 Å². The number of likely N-dealkylation sites (tertiary alicyclic amines) is 1. The second-order valence-corrected chi connectivity index (χ2v) is 6.01. The number of benzene rings is 1. The smallest absolute Gasteiger partial charge is 0.248 e. The number of hydrogen-bond donors (Lipinski definition) is 0. The molecule has 4 heteroatoms. The summed E-state index contributed by atoms with van der Waals surface area (Å²) in [7, 11) is 0. The maximum Gasteiger partial charge on any atom is 0.248 e. The molecule has 4 nitrogen and oxygen atoms in total. The largest absolute Gasteiger partial charge is 0.376 e. The molecule has 1 aromatic carbocycles. The van der Waals surface area contributed by atoms with Gasteiger partial charge in [-0.15, -0.1) is 0 Å². The topological polar surface area (TPSA) is 38.8 Å². The maximum absolute atomic E-state index is 12.1. The van der Waals surface area contributed by atoms with Crippen molar-refractivity contribution < 1.29 is 14.3 Å². The molecule has 0 N–H and O–H groups in total. The number of amides is 1. The Morgan fingerprint density at radius 3 is 2.76 bits per heavy atom. The molecule has 1 saturated heterocycles. The quantitative estimate of drug-likeness (QED) is 0.772. The highest BCUT2D eigenvalue weighted by Gasteiger charge is 2.29. The SMILES string of the molecule is O=C(COCc1ccccc1)N1CC[C@@H](OCC2CC2)C1. The monoisotopic (exact) mass is 289 g/mol. The first-order chi connectivity index (χ1) is 10.3. The fourth-order valence-corrected chi connectivity index (χ4v) is 2.57. The van der Waals surface area contributed by atoms with E-state index in [0.717, 1.165) is 37.6 Å². The summed E-state index contributed by atoms with van der Waals surface area (Å²) in [5.74, 6) is 0.854. The Morgan fingerprint density at radius 1 is 1.19 bits per heavy atom. The number of ether oxygens (including phenoxy) is 2. The van der Waals surface area contributed by atoms with Gasteiger partial charge in [-0.1, -0.05) is 30.3 Å². The number of rotatable bonds is 7. The van der Waals surface area contributed by atoms with Crippen molar-refractivity contribution in [2.75, 3.05) is 26.3 Å². The van der Waals surface area contributed by atoms with Crippen LogP contribution < -0.4 is 0 Å². The first kappa shape index (κ1) is 14.5. The van der Waals surface area contributed by atoms with Crippen molar-refractivity contribution in [2.24, 2.45) is 5.92 Å². The van der Waals surface area contributed by atoms with Crippen molar-refractivity contribution in [3.8, 4) is 0 Å². The minimum Gasteiger partial charge on any atom is -0.376 e. The Labute approximate surface area is 126 Å². The molecule has 21 heavy (non-hydrogen) atoms. The molecule has 1 atom stereocenters. The molecule has 1 aliphatic heterocycles. The van der Waals surface area contributed by atoms with E-state index in [1.54, 1.807) is 0 Å². The van der Waals surface area contributed by atoms with Crippen LogP contribution in [0.4, 0.5) is 0 Å². The van der Waals surface area contributed by atoms with Gasteiger partial charge in [0.25, 0.3) is 0 Å². The molecule has 0 unspecified atom stereocenters. The zero-order valence-electron chi connectivity index (χ0n) is 12.4. The first-order valence-electron chi connectivity index (χ1n) is 7.82. The molecule has 2 fully saturated rings. The average Bonchev–Trinajstić information content (AvgIpc) is 3.22. The third kappa shape index (κ3) is 4.55. The Balaban J connectivity index is 1.33. The molecule has 0 spiro atoms. The van der Waals surface area contributed by atoms with Crippen LogP contribution in [0.5, 0.6) is 0 Å². The van der Waals surface area contributed by atoms with Gasteiger partial charge in [0, 0.05) is 19.7 Å². The second kappa shape index (κ2) is 7.05. The number of carbonyl (C=O) groups excluding carboxylic acids is 1. The molecular formula is C17H23NO3. The molecule has 1 amide bonds. The summed E-state index contributed by atoms with van der Waals surface area (Å²) in [5.41, 5.74) is 1.09. The molecule has 1 saturated carbocycles. The van der Waals surface area contributed by atoms with Gasteiger partial charge in [0.1, 0.15) is 6.61 Å². The lowest BCUT2D eigenvalue weighted by Gasteiger charge is -2.16. The second-order valence-electron chi connectivity index (χ2n) is 6.01. The van der Waals surface area contributed by atoms with Crippen molar-refractivity contribution in [1.29, 1.82) is 0 Å². The van der Waals surface area contributed by atoms with E-state index in [-0.39, 0.29) is 18.6 Å². The average molecular weight is 289 g/mol. The van der Waals surface area contributed by atoms with E-state index in [9.17, 15) is 4.79 Å². The predicted molar refractivity (Wildman–Crippen MR) is 79.8 cm³/mol. The summed E-state index contributed by atoms with van der Waals surface area (Å²) in [4.78, 5) is 13.9. The molecule has 0 bridgehead atoms. The van der Waals surface area contributed by atoms with Crippen LogP contribution in [0.15, 0.2) is 30.3 Å². The zero-order valence-corrected chi connectivity index (χ0v) is 12.4. The van der Waals surface area contributed by atoms with Gasteiger partial charge in [-0.05, 0) is 30.7 Å². The summed E-state index contributed by atoms with van der Waals surface area (Å²) in [6, 6.07) is 9.93. The van der Waals surface area contributed by atoms with Gasteiger partial charge in [-0.25, -0.2) is 0 Å². The van der Waals surface area contributed by atoms with Gasteiger partial charge in [0.2, 0.25) is 5.91 Å². The van der Waals surface area contributed by atoms with Crippen molar-refractivity contribution in [2.45, 2.75) is 32.0 Å². The third-order valence-electron chi connectivity index (χ3n) is 4.10. The number of hydrogen-bond acceptors (Lipinski definition) is 3. The Kier molecular flexibility index (Phi) is 4.88. The lowest BCUT2D eigenvalue weighted by Crippen LogP contribution is -2.33. The van der Waals surface area contributed by atoms with Gasteiger partial charge < -0.3 is 14.4 Å². The standard InChI is InChI=1S/C17H23NO3/c19-17(13-20-11-14-4-2-1-3-5-14)18-9-8-16(10-18)21-12-15-6-7-15/h1-5,15-16H,6-13H2/t16-/m1/s1. The van der Waals surface area contributed by atoms with Crippen LogP contribution in [-0.4, -0.2) is 43.2 Å². The third-order valence-corrected chi connectivity index (χ3v) is 4.10. The first-order valence-corrected chi connectivity index (χ1v) is 7.82. The van der Waals surface area contributed by atoms with Crippen LogP contribution in [0, 0.1) is 5.92 Å². The lowest BCUT2D eigenvalue weighted by molar-refractivity contribution is -0.136. The van der Waals surface area contributed by atoms with Crippen LogP contribution in [0.1, 0.15) is 24.8 Å². The van der Waals surface area contributed by atoms with Crippen LogP contribution in [0.25, 0.3) is 0 Å². The van der Waals surface area contributed by atoms with Crippen molar-refractivity contribution in [1.82, 2.24) is 4.90 Å². The Hall–Kier alpha value is -1.39. The van der Waals surface area contributed by atoms with Gasteiger partial charge in [0.15, 0.2) is 0 Å². The van der Waals surface area contributed by atoms with Crippen LogP contribution in [-0.2, 0) is 20.9 Å². The van der Waals surface area contributed by atoms with Crippen molar-refractivity contribution in [3.05, 3.63) is 35.9 Å². The normalized spacial score (nSPS) is 21.7. The van der Waals surface area contributed by atoms with Gasteiger partial charge in [-0.3, -0.25) is 4.79 Å². The fourth-order valence-electron chi connectivity index (χ4n) is 2.57. The lowest BCUT2D eigenvalue weighted by atomic mass is 10.2. The summed E-state index contributed by atoms with van der Waals surface area (Å²) in [6.45, 7) is 3.03. The van der Waals surface area contributed by atoms with Crippen LogP contribution in [0.2, 0.25) is 0 Å². The Morgan fingerprint density at radius 2 is 2.00 bits per heavy atom. The molecule has 1 aliphatic carbocycles. The minimum absolute atomic E-state index is 0.0726. The van der Waals surface area contributed by atoms with E-state index in [2.05, 4.69) is 0 Å². The van der Waals surface area contributed by atoms with Crippen molar-refractivity contribution in [3.63, 3.8) is 0 Å². The predicted octanol–water partition coefficient (Wildman–Crippen LogP) is 2.23. The zero-order chi connectivity index (χ0) is 14.5. The highest BCUT2D eigenvalue weighted by atomic mass is 16.5. The summed E-state index contributed by atoms with van der Waals surface area (Å²) >= 11 is 0. The van der Waals surface area contributed by atoms with Crippen molar-refractivity contribution >= 4 is 5.91 Å². The van der Waals surface area contributed by atoms with Gasteiger partial charge in [0.05, 0.1) is 12.7 Å². The minimum atomic E-state index is 0.0726. The fraction of sp³-hybridized carbons (Fsp3) is 0.588. The van der Waals surface area contributed by atoms with Gasteiger partial charge in [-0.2, -0.15) is 0 Å². The highest BCUT2D eigenvalue weighted by Crippen LogP contribution is 2.30. The van der Waals surface area contributed by atoms with E-state index < -0.39 is 0 Å². The van der Waals surface area contributed by atoms with E-state index in [0.29, 0.717) is 6.61 Å². The molecule has 1 aromatic rings.